The van der Waals surface area contributed by atoms with Crippen molar-refractivity contribution in [2.24, 2.45) is 0 Å². The predicted molar refractivity (Wildman–Crippen MR) is 228 cm³/mol. The standard InChI is InChI=1S/C51H46N2O4/c1-3-32-39(26-28-42-44(32)33(4-2)48(54)52(50(42)56)30-16-7-5-8-17-30)45-34-20-11-13-22-36(34)46(37-23-14-12-21-35(37)45)40-27-29-43-47-38(40)24-15-25-41(47)49(55)53(51(43)57)31-18-9-6-10-19-31/h4,11-15,20-31H,3,5-10,16-19H2,1-2H3/b33-4+. The maximum atomic E-state index is 14.3. The van der Waals surface area contributed by atoms with Gasteiger partial charge in [0, 0.05) is 45.3 Å². The Bertz CT molecular complexity index is 2670. The normalized spacial score (nSPS) is 18.7. The fourth-order valence-corrected chi connectivity index (χ4v) is 10.8. The highest BCUT2D eigenvalue weighted by molar-refractivity contribution is 6.33. The molecule has 0 unspecified atom stereocenters. The van der Waals surface area contributed by atoms with Crippen molar-refractivity contribution in [3.63, 3.8) is 0 Å². The first-order chi connectivity index (χ1) is 27.9. The van der Waals surface area contributed by atoms with Crippen LogP contribution in [0.25, 0.3) is 60.1 Å². The van der Waals surface area contributed by atoms with Crippen molar-refractivity contribution in [1.29, 1.82) is 0 Å². The summed E-state index contributed by atoms with van der Waals surface area (Å²) in [5.41, 5.74) is 8.23. The minimum Gasteiger partial charge on any atom is -0.271 e. The van der Waals surface area contributed by atoms with Crippen molar-refractivity contribution in [3.8, 4) is 22.3 Å². The van der Waals surface area contributed by atoms with Gasteiger partial charge >= 0.3 is 0 Å². The van der Waals surface area contributed by atoms with Crippen molar-refractivity contribution in [1.82, 2.24) is 9.80 Å². The Morgan fingerprint density at radius 2 is 0.912 bits per heavy atom. The minimum absolute atomic E-state index is 0.0603. The van der Waals surface area contributed by atoms with Crippen LogP contribution in [0, 0.1) is 0 Å². The lowest BCUT2D eigenvalue weighted by Gasteiger charge is -2.37. The van der Waals surface area contributed by atoms with E-state index in [-0.39, 0.29) is 35.7 Å². The molecule has 0 N–H and O–H groups in total. The number of hydrogen-bond acceptors (Lipinski definition) is 4. The van der Waals surface area contributed by atoms with E-state index >= 15 is 0 Å². The lowest BCUT2D eigenvalue weighted by Crippen LogP contribution is -2.49. The van der Waals surface area contributed by atoms with Crippen LogP contribution in [0.1, 0.15) is 120 Å². The maximum absolute atomic E-state index is 14.3. The molecular formula is C51H46N2O4. The summed E-state index contributed by atoms with van der Waals surface area (Å²) in [6.07, 6.45) is 12.4. The molecule has 2 aliphatic carbocycles. The van der Waals surface area contributed by atoms with E-state index in [1.54, 1.807) is 9.80 Å². The molecule has 4 aliphatic rings. The van der Waals surface area contributed by atoms with Crippen molar-refractivity contribution < 1.29 is 19.2 Å². The van der Waals surface area contributed by atoms with Crippen molar-refractivity contribution in [2.75, 3.05) is 0 Å². The van der Waals surface area contributed by atoms with Gasteiger partial charge < -0.3 is 0 Å². The van der Waals surface area contributed by atoms with Gasteiger partial charge in [0.2, 0.25) is 0 Å². The SMILES string of the molecule is C/C=C1/C(=O)N(C2CCCCC2)C(=O)c2ccc(-c3c4ccccc4c(-c4ccc5c6c(cccc46)C(=O)N(C4CCCCC4)C5=O)c4ccccc34)c(CC)c21. The first kappa shape index (κ1) is 35.5. The number of carbonyl (C=O) groups is 4. The number of carbonyl (C=O) groups excluding carboxylic acids is 4. The van der Waals surface area contributed by atoms with Crippen LogP contribution in [-0.4, -0.2) is 45.5 Å². The van der Waals surface area contributed by atoms with Gasteiger partial charge in [-0.2, -0.15) is 0 Å². The Hall–Kier alpha value is -5.88. The number of amides is 4. The number of hydrogen-bond donors (Lipinski definition) is 0. The number of fused-ring (bicyclic) bond motifs is 3. The second-order valence-corrected chi connectivity index (χ2v) is 16.3. The zero-order valence-corrected chi connectivity index (χ0v) is 32.7. The molecule has 0 saturated heterocycles. The molecule has 0 atom stereocenters. The lowest BCUT2D eigenvalue weighted by molar-refractivity contribution is -0.125. The van der Waals surface area contributed by atoms with Crippen molar-refractivity contribution in [2.45, 2.75) is 96.6 Å². The van der Waals surface area contributed by atoms with E-state index in [4.69, 9.17) is 0 Å². The van der Waals surface area contributed by atoms with E-state index < -0.39 is 0 Å². The molecule has 0 aromatic heterocycles. The Balaban J connectivity index is 1.19. The summed E-state index contributed by atoms with van der Waals surface area (Å²) in [6, 6.07) is 30.7. The van der Waals surface area contributed by atoms with Gasteiger partial charge in [0.1, 0.15) is 0 Å². The molecule has 6 heteroatoms. The molecule has 6 aromatic rings. The van der Waals surface area contributed by atoms with E-state index in [0.717, 1.165) is 130 Å². The van der Waals surface area contributed by atoms with Crippen LogP contribution in [0.3, 0.4) is 0 Å². The summed E-state index contributed by atoms with van der Waals surface area (Å²) in [5, 5.41) is 5.82. The molecule has 6 aromatic carbocycles. The topological polar surface area (TPSA) is 74.8 Å². The summed E-state index contributed by atoms with van der Waals surface area (Å²) in [6.45, 7) is 4.02. The molecule has 2 fully saturated rings. The molecule has 10 rings (SSSR count). The summed E-state index contributed by atoms with van der Waals surface area (Å²) in [5.74, 6) is -0.738. The van der Waals surface area contributed by atoms with E-state index in [2.05, 4.69) is 67.6 Å². The van der Waals surface area contributed by atoms with Gasteiger partial charge in [-0.3, -0.25) is 29.0 Å². The van der Waals surface area contributed by atoms with Gasteiger partial charge in [-0.25, -0.2) is 0 Å². The number of rotatable bonds is 5. The summed E-state index contributed by atoms with van der Waals surface area (Å²) < 4.78 is 0. The molecule has 284 valence electrons. The van der Waals surface area contributed by atoms with Crippen LogP contribution in [0.5, 0.6) is 0 Å². The monoisotopic (exact) mass is 750 g/mol. The van der Waals surface area contributed by atoms with Crippen LogP contribution >= 0.6 is 0 Å². The average molecular weight is 751 g/mol. The highest BCUT2D eigenvalue weighted by atomic mass is 16.2. The fourth-order valence-electron chi connectivity index (χ4n) is 10.8. The van der Waals surface area contributed by atoms with Gasteiger partial charge in [-0.05, 0) is 112 Å². The quantitative estimate of drug-likeness (QED) is 0.0999. The zero-order valence-electron chi connectivity index (χ0n) is 32.7. The molecule has 2 saturated carbocycles. The molecule has 2 aliphatic heterocycles. The first-order valence-corrected chi connectivity index (χ1v) is 21.0. The zero-order chi connectivity index (χ0) is 38.9. The number of nitrogens with zero attached hydrogens (tertiary/aromatic N) is 2. The second kappa shape index (κ2) is 13.9. The van der Waals surface area contributed by atoms with E-state index in [9.17, 15) is 19.2 Å². The molecule has 0 bridgehead atoms. The van der Waals surface area contributed by atoms with E-state index in [1.807, 2.05) is 43.3 Å². The fraction of sp³-hybridized carbons (Fsp3) is 0.294. The Morgan fingerprint density at radius 1 is 0.474 bits per heavy atom. The number of allylic oxidation sites excluding steroid dienone is 1. The molecule has 57 heavy (non-hydrogen) atoms. The van der Waals surface area contributed by atoms with Gasteiger partial charge in [-0.15, -0.1) is 0 Å². The van der Waals surface area contributed by atoms with Crippen LogP contribution in [-0.2, 0) is 11.2 Å². The maximum Gasteiger partial charge on any atom is 0.261 e. The second-order valence-electron chi connectivity index (χ2n) is 16.3. The Morgan fingerprint density at radius 3 is 1.46 bits per heavy atom. The number of imide groups is 2. The largest absolute Gasteiger partial charge is 0.271 e. The Labute approximate surface area is 333 Å². The summed E-state index contributed by atoms with van der Waals surface area (Å²) in [4.78, 5) is 60.1. The third kappa shape index (κ3) is 5.29. The van der Waals surface area contributed by atoms with Crippen LogP contribution in [0.15, 0.2) is 97.1 Å². The summed E-state index contributed by atoms with van der Waals surface area (Å²) >= 11 is 0. The third-order valence-electron chi connectivity index (χ3n) is 13.4. The molecule has 2 heterocycles. The third-order valence-corrected chi connectivity index (χ3v) is 13.4. The molecule has 0 spiro atoms. The van der Waals surface area contributed by atoms with Gasteiger partial charge in [-0.1, -0.05) is 124 Å². The average Bonchev–Trinajstić information content (AvgIpc) is 3.25. The molecule has 4 amide bonds. The smallest absolute Gasteiger partial charge is 0.261 e. The van der Waals surface area contributed by atoms with Gasteiger partial charge in [0.05, 0.1) is 0 Å². The predicted octanol–water partition coefficient (Wildman–Crippen LogP) is 11.7. The molecule has 6 nitrogen and oxygen atoms in total. The molecule has 0 radical (unpaired) electrons. The first-order valence-electron chi connectivity index (χ1n) is 21.0. The van der Waals surface area contributed by atoms with Gasteiger partial charge in [0.25, 0.3) is 23.6 Å². The van der Waals surface area contributed by atoms with Crippen LogP contribution in [0.2, 0.25) is 0 Å². The van der Waals surface area contributed by atoms with Crippen molar-refractivity contribution >= 4 is 61.5 Å². The Kier molecular flexibility index (Phi) is 8.69. The molecular weight excluding hydrogens is 705 g/mol. The van der Waals surface area contributed by atoms with Gasteiger partial charge in [0.15, 0.2) is 0 Å². The lowest BCUT2D eigenvalue weighted by atomic mass is 9.79. The highest BCUT2D eigenvalue weighted by Gasteiger charge is 2.41. The number of benzene rings is 6. The minimum atomic E-state index is -0.189. The van der Waals surface area contributed by atoms with E-state index in [1.165, 1.54) is 0 Å². The highest BCUT2D eigenvalue weighted by Crippen LogP contribution is 2.49. The van der Waals surface area contributed by atoms with Crippen molar-refractivity contribution in [3.05, 3.63) is 125 Å². The van der Waals surface area contributed by atoms with Crippen LogP contribution < -0.4 is 0 Å². The van der Waals surface area contributed by atoms with E-state index in [0.29, 0.717) is 28.7 Å². The van der Waals surface area contributed by atoms with Crippen LogP contribution in [0.4, 0.5) is 0 Å². The summed E-state index contributed by atoms with van der Waals surface area (Å²) in [7, 11) is 0.